The molecule has 0 amide bonds. The molecule has 0 aromatic heterocycles. The minimum absolute atomic E-state index is 0.153. The third-order valence-electron chi connectivity index (χ3n) is 2.44. The molecule has 66 valence electrons. The SMILES string of the molecule is O=C(O)C1NNC2CN=CCC21. The summed E-state index contributed by atoms with van der Waals surface area (Å²) < 4.78 is 0. The van der Waals surface area contributed by atoms with Crippen LogP contribution in [0.25, 0.3) is 0 Å². The van der Waals surface area contributed by atoms with Crippen molar-refractivity contribution in [3.8, 4) is 0 Å². The van der Waals surface area contributed by atoms with Crippen molar-refractivity contribution in [1.29, 1.82) is 0 Å². The zero-order valence-corrected chi connectivity index (χ0v) is 6.53. The molecule has 0 aromatic carbocycles. The first-order valence-corrected chi connectivity index (χ1v) is 4.01. The van der Waals surface area contributed by atoms with Gasteiger partial charge in [-0.25, -0.2) is 5.43 Å². The lowest BCUT2D eigenvalue weighted by molar-refractivity contribution is -0.140. The molecule has 0 bridgehead atoms. The molecule has 0 aliphatic carbocycles. The largest absolute Gasteiger partial charge is 0.480 e. The van der Waals surface area contributed by atoms with Gasteiger partial charge in [-0.3, -0.25) is 15.2 Å². The van der Waals surface area contributed by atoms with E-state index in [4.69, 9.17) is 5.11 Å². The summed E-state index contributed by atoms with van der Waals surface area (Å²) in [7, 11) is 0. The number of nitrogens with zero attached hydrogens (tertiary/aromatic N) is 1. The Bertz CT molecular complexity index is 229. The smallest absolute Gasteiger partial charge is 0.322 e. The van der Waals surface area contributed by atoms with E-state index < -0.39 is 12.0 Å². The summed E-state index contributed by atoms with van der Waals surface area (Å²) in [4.78, 5) is 14.8. The number of carbonyl (C=O) groups is 1. The van der Waals surface area contributed by atoms with E-state index in [-0.39, 0.29) is 12.0 Å². The molecule has 12 heavy (non-hydrogen) atoms. The summed E-state index contributed by atoms with van der Waals surface area (Å²) in [5.74, 6) is -0.634. The molecular formula is C7H11N3O2. The van der Waals surface area contributed by atoms with Gasteiger partial charge in [0, 0.05) is 12.0 Å². The average molecular weight is 169 g/mol. The van der Waals surface area contributed by atoms with Gasteiger partial charge in [0.25, 0.3) is 0 Å². The first-order chi connectivity index (χ1) is 5.79. The molecule has 3 unspecified atom stereocenters. The van der Waals surface area contributed by atoms with Crippen molar-refractivity contribution < 1.29 is 9.90 Å². The van der Waals surface area contributed by atoms with E-state index in [2.05, 4.69) is 15.8 Å². The Morgan fingerprint density at radius 2 is 2.42 bits per heavy atom. The molecule has 0 spiro atoms. The van der Waals surface area contributed by atoms with Crippen molar-refractivity contribution in [1.82, 2.24) is 10.9 Å². The van der Waals surface area contributed by atoms with Gasteiger partial charge in [0.15, 0.2) is 0 Å². The number of aliphatic imine (C=N–C) groups is 1. The van der Waals surface area contributed by atoms with Crippen LogP contribution in [0.4, 0.5) is 0 Å². The van der Waals surface area contributed by atoms with E-state index in [1.165, 1.54) is 0 Å². The fraction of sp³-hybridized carbons (Fsp3) is 0.714. The maximum absolute atomic E-state index is 10.7. The highest BCUT2D eigenvalue weighted by atomic mass is 16.4. The summed E-state index contributed by atoms with van der Waals surface area (Å²) in [5.41, 5.74) is 5.71. The van der Waals surface area contributed by atoms with Gasteiger partial charge in [-0.15, -0.1) is 0 Å². The maximum atomic E-state index is 10.7. The van der Waals surface area contributed by atoms with Crippen molar-refractivity contribution in [3.05, 3.63) is 0 Å². The standard InChI is InChI=1S/C7H11N3O2/c11-7(12)6-4-1-2-8-3-5(4)9-10-6/h2,4-6,9-10H,1,3H2,(H,11,12). The van der Waals surface area contributed by atoms with Crippen molar-refractivity contribution >= 4 is 12.2 Å². The molecule has 2 heterocycles. The summed E-state index contributed by atoms with van der Waals surface area (Å²) >= 11 is 0. The Labute approximate surface area is 69.8 Å². The minimum atomic E-state index is -0.787. The second kappa shape index (κ2) is 2.84. The number of carboxylic acids is 1. The first kappa shape index (κ1) is 7.70. The molecule has 5 nitrogen and oxygen atoms in total. The highest BCUT2D eigenvalue weighted by Gasteiger charge is 2.40. The summed E-state index contributed by atoms with van der Waals surface area (Å²) in [6.45, 7) is 0.682. The Hall–Kier alpha value is -0.940. The van der Waals surface area contributed by atoms with Crippen molar-refractivity contribution in [2.24, 2.45) is 10.9 Å². The van der Waals surface area contributed by atoms with Crippen molar-refractivity contribution in [2.45, 2.75) is 18.5 Å². The highest BCUT2D eigenvalue weighted by molar-refractivity contribution is 5.75. The summed E-state index contributed by atoms with van der Waals surface area (Å²) in [6.07, 6.45) is 2.56. The number of hydrogen-bond acceptors (Lipinski definition) is 4. The third kappa shape index (κ3) is 1.11. The fourth-order valence-corrected chi connectivity index (χ4v) is 1.75. The number of carboxylic acid groups (broad SMARTS) is 1. The molecule has 0 aromatic rings. The molecule has 1 fully saturated rings. The Morgan fingerprint density at radius 1 is 1.58 bits per heavy atom. The Balaban J connectivity index is 2.11. The van der Waals surface area contributed by atoms with Crippen molar-refractivity contribution in [3.63, 3.8) is 0 Å². The van der Waals surface area contributed by atoms with Gasteiger partial charge in [0.2, 0.25) is 0 Å². The lowest BCUT2D eigenvalue weighted by Gasteiger charge is -2.20. The average Bonchev–Trinajstić information content (AvgIpc) is 2.47. The van der Waals surface area contributed by atoms with E-state index in [1.807, 2.05) is 6.21 Å². The first-order valence-electron chi connectivity index (χ1n) is 4.01. The molecule has 5 heteroatoms. The van der Waals surface area contributed by atoms with Gasteiger partial charge in [-0.2, -0.15) is 0 Å². The monoisotopic (exact) mass is 169 g/mol. The third-order valence-corrected chi connectivity index (χ3v) is 2.44. The predicted molar refractivity (Wildman–Crippen MR) is 42.9 cm³/mol. The lowest BCUT2D eigenvalue weighted by atomic mass is 9.90. The second-order valence-electron chi connectivity index (χ2n) is 3.16. The Morgan fingerprint density at radius 3 is 3.17 bits per heavy atom. The topological polar surface area (TPSA) is 73.7 Å². The Kier molecular flexibility index (Phi) is 1.82. The zero-order valence-electron chi connectivity index (χ0n) is 6.53. The number of hydrazine groups is 1. The fourth-order valence-electron chi connectivity index (χ4n) is 1.75. The van der Waals surface area contributed by atoms with Crippen LogP contribution in [0.1, 0.15) is 6.42 Å². The normalized spacial score (nSPS) is 39.5. The van der Waals surface area contributed by atoms with Gasteiger partial charge in [0.05, 0.1) is 6.54 Å². The number of rotatable bonds is 1. The number of fused-ring (bicyclic) bond motifs is 1. The van der Waals surface area contributed by atoms with Gasteiger partial charge >= 0.3 is 5.97 Å². The quantitative estimate of drug-likeness (QED) is 0.471. The van der Waals surface area contributed by atoms with Crippen LogP contribution in [0, 0.1) is 5.92 Å². The molecule has 3 N–H and O–H groups in total. The number of aliphatic carboxylic acids is 1. The summed E-state index contributed by atoms with van der Waals surface area (Å²) in [6, 6.07) is -0.266. The number of hydrogen-bond donors (Lipinski definition) is 3. The maximum Gasteiger partial charge on any atom is 0.322 e. The van der Waals surface area contributed by atoms with Crippen LogP contribution in [0.15, 0.2) is 4.99 Å². The van der Waals surface area contributed by atoms with E-state index in [1.54, 1.807) is 0 Å². The highest BCUT2D eigenvalue weighted by Crippen LogP contribution is 2.21. The van der Waals surface area contributed by atoms with Crippen LogP contribution in [0.5, 0.6) is 0 Å². The molecule has 2 rings (SSSR count). The van der Waals surface area contributed by atoms with Crippen LogP contribution in [-0.2, 0) is 4.79 Å². The van der Waals surface area contributed by atoms with E-state index in [0.29, 0.717) is 6.54 Å². The van der Waals surface area contributed by atoms with E-state index in [9.17, 15) is 4.79 Å². The molecule has 2 aliphatic heterocycles. The van der Waals surface area contributed by atoms with E-state index >= 15 is 0 Å². The van der Waals surface area contributed by atoms with Gasteiger partial charge < -0.3 is 5.11 Å². The second-order valence-corrected chi connectivity index (χ2v) is 3.16. The molecule has 0 radical (unpaired) electrons. The van der Waals surface area contributed by atoms with Gasteiger partial charge in [0.1, 0.15) is 6.04 Å². The molecular weight excluding hydrogens is 158 g/mol. The molecule has 1 saturated heterocycles. The minimum Gasteiger partial charge on any atom is -0.480 e. The zero-order chi connectivity index (χ0) is 8.55. The summed E-state index contributed by atoms with van der Waals surface area (Å²) in [5, 5.41) is 8.81. The lowest BCUT2D eigenvalue weighted by Crippen LogP contribution is -2.38. The van der Waals surface area contributed by atoms with Crippen LogP contribution < -0.4 is 10.9 Å². The van der Waals surface area contributed by atoms with Crippen LogP contribution in [-0.4, -0.2) is 35.9 Å². The van der Waals surface area contributed by atoms with Gasteiger partial charge in [-0.05, 0) is 12.6 Å². The van der Waals surface area contributed by atoms with E-state index in [0.717, 1.165) is 6.42 Å². The predicted octanol–water partition coefficient (Wildman–Crippen LogP) is -0.993. The molecule has 3 atom stereocenters. The molecule has 2 aliphatic rings. The van der Waals surface area contributed by atoms with Gasteiger partial charge in [-0.1, -0.05) is 0 Å². The van der Waals surface area contributed by atoms with Crippen molar-refractivity contribution in [2.75, 3.05) is 6.54 Å². The van der Waals surface area contributed by atoms with Crippen LogP contribution >= 0.6 is 0 Å². The molecule has 0 saturated carbocycles. The van der Waals surface area contributed by atoms with Crippen LogP contribution in [0.3, 0.4) is 0 Å². The van der Waals surface area contributed by atoms with Crippen LogP contribution in [0.2, 0.25) is 0 Å². The number of nitrogens with one attached hydrogen (secondary N) is 2.